The summed E-state index contributed by atoms with van der Waals surface area (Å²) in [5.41, 5.74) is 7.24. The molecule has 6 heteroatoms. The van der Waals surface area contributed by atoms with Crippen LogP contribution in [0.3, 0.4) is 0 Å². The summed E-state index contributed by atoms with van der Waals surface area (Å²) in [5.74, 6) is 0.497. The van der Waals surface area contributed by atoms with E-state index in [2.05, 4.69) is 9.88 Å². The molecule has 1 aliphatic heterocycles. The molecule has 1 atom stereocenters. The van der Waals surface area contributed by atoms with Crippen molar-refractivity contribution in [1.82, 2.24) is 4.98 Å². The van der Waals surface area contributed by atoms with E-state index in [0.29, 0.717) is 18.0 Å². The molecule has 1 aromatic heterocycles. The Hall–Kier alpha value is -2.21. The monoisotopic (exact) mass is 272 g/mol. The first-order chi connectivity index (χ1) is 9.70. The van der Waals surface area contributed by atoms with Gasteiger partial charge in [0.25, 0.3) is 5.69 Å². The van der Waals surface area contributed by atoms with Gasteiger partial charge < -0.3 is 10.6 Å². The molecular formula is C14H16N4O2. The van der Waals surface area contributed by atoms with Crippen molar-refractivity contribution in [3.05, 3.63) is 40.6 Å². The minimum absolute atomic E-state index is 0.0546. The van der Waals surface area contributed by atoms with Gasteiger partial charge in [-0.15, -0.1) is 0 Å². The predicted octanol–water partition coefficient (Wildman–Crippen LogP) is 1.93. The van der Waals surface area contributed by atoms with E-state index in [1.807, 2.05) is 12.1 Å². The van der Waals surface area contributed by atoms with E-state index in [-0.39, 0.29) is 10.6 Å². The summed E-state index contributed by atoms with van der Waals surface area (Å²) in [7, 11) is 0. The molecule has 1 aliphatic rings. The smallest absolute Gasteiger partial charge is 0.295 e. The molecule has 104 valence electrons. The average Bonchev–Trinajstić information content (AvgIpc) is 2.94. The summed E-state index contributed by atoms with van der Waals surface area (Å²) in [6, 6.07) is 7.01. The van der Waals surface area contributed by atoms with Crippen LogP contribution in [0.25, 0.3) is 10.9 Å². The van der Waals surface area contributed by atoms with Gasteiger partial charge in [-0.05, 0) is 24.9 Å². The fourth-order valence-electron chi connectivity index (χ4n) is 2.81. The molecule has 6 nitrogen and oxygen atoms in total. The number of aromatic nitrogens is 1. The first-order valence-electron chi connectivity index (χ1n) is 6.68. The minimum Gasteiger partial charge on any atom is -0.371 e. The lowest BCUT2D eigenvalue weighted by molar-refractivity contribution is -0.383. The third-order valence-electron chi connectivity index (χ3n) is 3.88. The molecule has 1 fully saturated rings. The van der Waals surface area contributed by atoms with Crippen molar-refractivity contribution in [1.29, 1.82) is 0 Å². The average molecular weight is 272 g/mol. The number of nitrogens with two attached hydrogens (primary N) is 1. The van der Waals surface area contributed by atoms with E-state index in [9.17, 15) is 10.1 Å². The fourth-order valence-corrected chi connectivity index (χ4v) is 2.81. The second-order valence-corrected chi connectivity index (χ2v) is 5.10. The molecule has 0 spiro atoms. The summed E-state index contributed by atoms with van der Waals surface area (Å²) in [6.07, 6.45) is 2.70. The molecule has 1 saturated heterocycles. The first kappa shape index (κ1) is 12.8. The Morgan fingerprint density at radius 2 is 2.30 bits per heavy atom. The molecule has 0 aliphatic carbocycles. The van der Waals surface area contributed by atoms with Crippen LogP contribution < -0.4 is 10.6 Å². The number of para-hydroxylation sites is 1. The molecule has 1 aromatic carbocycles. The first-order valence-corrected chi connectivity index (χ1v) is 6.68. The van der Waals surface area contributed by atoms with Crippen molar-refractivity contribution in [2.75, 3.05) is 24.5 Å². The Balaban J connectivity index is 2.09. The molecule has 3 rings (SSSR count). The van der Waals surface area contributed by atoms with Crippen LogP contribution in [-0.4, -0.2) is 29.5 Å². The molecule has 2 aromatic rings. The number of nitrogens with zero attached hydrogens (tertiary/aromatic N) is 3. The number of nitro groups is 1. The summed E-state index contributed by atoms with van der Waals surface area (Å²) >= 11 is 0. The second-order valence-electron chi connectivity index (χ2n) is 5.10. The summed E-state index contributed by atoms with van der Waals surface area (Å²) < 4.78 is 0. The highest BCUT2D eigenvalue weighted by atomic mass is 16.6. The van der Waals surface area contributed by atoms with E-state index in [0.717, 1.165) is 30.6 Å². The summed E-state index contributed by atoms with van der Waals surface area (Å²) in [5, 5.41) is 11.9. The number of hydrogen-bond donors (Lipinski definition) is 1. The molecule has 1 unspecified atom stereocenters. The number of non-ortho nitro benzene ring substituents is 1. The Kier molecular flexibility index (Phi) is 3.23. The van der Waals surface area contributed by atoms with Crippen LogP contribution in [0.2, 0.25) is 0 Å². The lowest BCUT2D eigenvalue weighted by Gasteiger charge is -2.20. The number of anilines is 1. The lowest BCUT2D eigenvalue weighted by Crippen LogP contribution is -2.22. The van der Waals surface area contributed by atoms with Gasteiger partial charge >= 0.3 is 0 Å². The molecule has 2 N–H and O–H groups in total. The van der Waals surface area contributed by atoms with Gasteiger partial charge in [-0.3, -0.25) is 10.1 Å². The van der Waals surface area contributed by atoms with Gasteiger partial charge in [0, 0.05) is 36.4 Å². The quantitative estimate of drug-likeness (QED) is 0.681. The normalized spacial score (nSPS) is 18.6. The standard InChI is InChI=1S/C14H16N4O2/c15-8-10-5-7-17(9-10)12-4-6-16-14-11(12)2-1-3-13(14)18(19)20/h1-4,6,10H,5,7-9,15H2. The van der Waals surface area contributed by atoms with E-state index in [1.54, 1.807) is 12.3 Å². The van der Waals surface area contributed by atoms with Crippen molar-refractivity contribution >= 4 is 22.3 Å². The number of hydrogen-bond acceptors (Lipinski definition) is 5. The highest BCUT2D eigenvalue weighted by Crippen LogP contribution is 2.33. The minimum atomic E-state index is -0.383. The van der Waals surface area contributed by atoms with E-state index in [4.69, 9.17) is 5.73 Å². The third-order valence-corrected chi connectivity index (χ3v) is 3.88. The van der Waals surface area contributed by atoms with Crippen molar-refractivity contribution in [2.24, 2.45) is 11.7 Å². The van der Waals surface area contributed by atoms with Crippen molar-refractivity contribution in [3.63, 3.8) is 0 Å². The molecule has 0 saturated carbocycles. The molecule has 0 radical (unpaired) electrons. The SMILES string of the molecule is NCC1CCN(c2ccnc3c([N+](=O)[O-])cccc23)C1. The van der Waals surface area contributed by atoms with Crippen LogP contribution in [-0.2, 0) is 0 Å². The molecule has 0 bridgehead atoms. The van der Waals surface area contributed by atoms with Crippen LogP contribution in [0, 0.1) is 16.0 Å². The van der Waals surface area contributed by atoms with Gasteiger partial charge in [0.05, 0.1) is 4.92 Å². The highest BCUT2D eigenvalue weighted by molar-refractivity contribution is 5.96. The Morgan fingerprint density at radius 1 is 1.45 bits per heavy atom. The molecular weight excluding hydrogens is 256 g/mol. The van der Waals surface area contributed by atoms with Gasteiger partial charge in [0.15, 0.2) is 0 Å². The Morgan fingerprint density at radius 3 is 3.00 bits per heavy atom. The van der Waals surface area contributed by atoms with Crippen molar-refractivity contribution in [3.8, 4) is 0 Å². The third kappa shape index (κ3) is 2.08. The largest absolute Gasteiger partial charge is 0.371 e. The Bertz CT molecular complexity index is 659. The van der Waals surface area contributed by atoms with Gasteiger partial charge in [0.2, 0.25) is 0 Å². The van der Waals surface area contributed by atoms with Crippen LogP contribution in [0.1, 0.15) is 6.42 Å². The summed E-state index contributed by atoms with van der Waals surface area (Å²) in [4.78, 5) is 17.1. The number of pyridine rings is 1. The number of benzene rings is 1. The zero-order valence-electron chi connectivity index (χ0n) is 11.0. The molecule has 20 heavy (non-hydrogen) atoms. The molecule has 0 amide bonds. The topological polar surface area (TPSA) is 85.3 Å². The van der Waals surface area contributed by atoms with Crippen molar-refractivity contribution < 1.29 is 4.92 Å². The van der Waals surface area contributed by atoms with Gasteiger partial charge in [0.1, 0.15) is 5.52 Å². The van der Waals surface area contributed by atoms with Crippen LogP contribution in [0.4, 0.5) is 11.4 Å². The lowest BCUT2D eigenvalue weighted by atomic mass is 10.1. The van der Waals surface area contributed by atoms with Crippen LogP contribution in [0.15, 0.2) is 30.5 Å². The van der Waals surface area contributed by atoms with Crippen LogP contribution >= 0.6 is 0 Å². The van der Waals surface area contributed by atoms with Crippen LogP contribution in [0.5, 0.6) is 0 Å². The number of nitro benzene ring substituents is 1. The predicted molar refractivity (Wildman–Crippen MR) is 77.8 cm³/mol. The van der Waals surface area contributed by atoms with Gasteiger partial charge in [-0.25, -0.2) is 4.98 Å². The van der Waals surface area contributed by atoms with E-state index < -0.39 is 0 Å². The van der Waals surface area contributed by atoms with Gasteiger partial charge in [-0.1, -0.05) is 12.1 Å². The highest BCUT2D eigenvalue weighted by Gasteiger charge is 2.24. The number of rotatable bonds is 3. The fraction of sp³-hybridized carbons (Fsp3) is 0.357. The maximum atomic E-state index is 11.1. The number of fused-ring (bicyclic) bond motifs is 1. The maximum absolute atomic E-state index is 11.1. The second kappa shape index (κ2) is 5.05. The van der Waals surface area contributed by atoms with Crippen molar-refractivity contribution in [2.45, 2.75) is 6.42 Å². The maximum Gasteiger partial charge on any atom is 0.295 e. The zero-order chi connectivity index (χ0) is 14.1. The van der Waals surface area contributed by atoms with Gasteiger partial charge in [-0.2, -0.15) is 0 Å². The Labute approximate surface area is 116 Å². The molecule has 2 heterocycles. The summed E-state index contributed by atoms with van der Waals surface area (Å²) in [6.45, 7) is 2.52. The van der Waals surface area contributed by atoms with E-state index in [1.165, 1.54) is 6.07 Å². The van der Waals surface area contributed by atoms with E-state index >= 15 is 0 Å². The zero-order valence-corrected chi connectivity index (χ0v) is 11.0.